The SMILES string of the molecule is C[C@@H]1Cc2cnc(NCc3ccn(C)n3)nc2CN1C(=O)N[C@H](CN(C)C)c1ccccc1. The number of carbonyl (C=O) groups excluding carboxylic acids is 1. The molecule has 3 aromatic rings. The average Bonchev–Trinajstić information content (AvgIpc) is 3.22. The normalized spacial score (nSPS) is 16.4. The Kier molecular flexibility index (Phi) is 6.88. The third-order valence-corrected chi connectivity index (χ3v) is 5.83. The Morgan fingerprint density at radius 2 is 2.03 bits per heavy atom. The number of aromatic nitrogens is 4. The van der Waals surface area contributed by atoms with E-state index in [-0.39, 0.29) is 18.1 Å². The lowest BCUT2D eigenvalue weighted by atomic mass is 10.0. The molecule has 2 aromatic heterocycles. The van der Waals surface area contributed by atoms with Crippen LogP contribution in [0.15, 0.2) is 48.8 Å². The van der Waals surface area contributed by atoms with Gasteiger partial charge in [0.1, 0.15) is 0 Å². The van der Waals surface area contributed by atoms with Crippen molar-refractivity contribution in [2.75, 3.05) is 26.0 Å². The molecular formula is C24H32N8O. The first kappa shape index (κ1) is 22.7. The van der Waals surface area contributed by atoms with Gasteiger partial charge in [0.25, 0.3) is 0 Å². The second kappa shape index (κ2) is 9.99. The summed E-state index contributed by atoms with van der Waals surface area (Å²) in [6.07, 6.45) is 4.50. The summed E-state index contributed by atoms with van der Waals surface area (Å²) in [6.45, 7) is 3.79. The first-order valence-corrected chi connectivity index (χ1v) is 11.2. The monoisotopic (exact) mass is 448 g/mol. The molecule has 0 radical (unpaired) electrons. The van der Waals surface area contributed by atoms with Crippen molar-refractivity contribution >= 4 is 12.0 Å². The van der Waals surface area contributed by atoms with Crippen molar-refractivity contribution in [2.24, 2.45) is 7.05 Å². The second-order valence-electron chi connectivity index (χ2n) is 8.86. The summed E-state index contributed by atoms with van der Waals surface area (Å²) in [6, 6.07) is 11.9. The number of anilines is 1. The van der Waals surface area contributed by atoms with Crippen LogP contribution in [0.2, 0.25) is 0 Å². The molecule has 2 amide bonds. The number of likely N-dealkylation sites (N-methyl/N-ethyl adjacent to an activating group) is 1. The van der Waals surface area contributed by atoms with Gasteiger partial charge in [-0.1, -0.05) is 30.3 Å². The summed E-state index contributed by atoms with van der Waals surface area (Å²) in [7, 11) is 5.91. The zero-order valence-corrected chi connectivity index (χ0v) is 19.7. The summed E-state index contributed by atoms with van der Waals surface area (Å²) in [5.41, 5.74) is 3.97. The number of rotatable bonds is 7. The zero-order valence-electron chi connectivity index (χ0n) is 19.7. The minimum Gasteiger partial charge on any atom is -0.348 e. The summed E-state index contributed by atoms with van der Waals surface area (Å²) in [4.78, 5) is 26.4. The Hall–Kier alpha value is -3.46. The Bertz CT molecular complexity index is 1080. The standard InChI is InChI=1S/C24H32N8O/c1-17-12-19-13-25-23(26-14-20-10-11-31(4)29-20)27-22(19)16-32(17)24(33)28-21(15-30(2)3)18-8-6-5-7-9-18/h5-11,13,17,21H,12,14-16H2,1-4H3,(H,28,33)(H,25,26,27)/t17-,21-/m1/s1. The van der Waals surface area contributed by atoms with Gasteiger partial charge in [-0.05, 0) is 44.6 Å². The number of fused-ring (bicyclic) bond motifs is 1. The maximum absolute atomic E-state index is 13.3. The van der Waals surface area contributed by atoms with Crippen LogP contribution >= 0.6 is 0 Å². The largest absolute Gasteiger partial charge is 0.348 e. The molecule has 2 atom stereocenters. The van der Waals surface area contributed by atoms with E-state index < -0.39 is 0 Å². The fourth-order valence-corrected chi connectivity index (χ4v) is 4.10. The molecule has 0 aliphatic carbocycles. The highest BCUT2D eigenvalue weighted by Gasteiger charge is 2.30. The lowest BCUT2D eigenvalue weighted by Gasteiger charge is -2.35. The van der Waals surface area contributed by atoms with Gasteiger partial charge in [0.15, 0.2) is 0 Å². The number of hydrogen-bond donors (Lipinski definition) is 2. The van der Waals surface area contributed by atoms with Gasteiger partial charge in [0.05, 0.1) is 30.5 Å². The predicted molar refractivity (Wildman–Crippen MR) is 128 cm³/mol. The highest BCUT2D eigenvalue weighted by molar-refractivity contribution is 5.75. The van der Waals surface area contributed by atoms with Crippen molar-refractivity contribution in [1.82, 2.24) is 34.9 Å². The van der Waals surface area contributed by atoms with Crippen LogP contribution in [0.5, 0.6) is 0 Å². The summed E-state index contributed by atoms with van der Waals surface area (Å²) < 4.78 is 1.77. The second-order valence-corrected chi connectivity index (χ2v) is 8.86. The van der Waals surface area contributed by atoms with E-state index in [1.807, 2.05) is 62.7 Å². The van der Waals surface area contributed by atoms with Crippen LogP contribution in [0.1, 0.15) is 35.5 Å². The lowest BCUT2D eigenvalue weighted by Crippen LogP contribution is -2.50. The Balaban J connectivity index is 1.45. The van der Waals surface area contributed by atoms with Crippen LogP contribution < -0.4 is 10.6 Å². The van der Waals surface area contributed by atoms with E-state index in [9.17, 15) is 4.79 Å². The molecule has 1 aliphatic rings. The summed E-state index contributed by atoms with van der Waals surface area (Å²) in [5.74, 6) is 0.545. The number of hydrogen-bond acceptors (Lipinski definition) is 6. The number of urea groups is 1. The third kappa shape index (κ3) is 5.67. The molecule has 4 rings (SSSR count). The van der Waals surface area contributed by atoms with Crippen LogP contribution in [0, 0.1) is 0 Å². The first-order valence-electron chi connectivity index (χ1n) is 11.2. The molecule has 0 unspecified atom stereocenters. The van der Waals surface area contributed by atoms with E-state index in [0.717, 1.165) is 35.5 Å². The zero-order chi connectivity index (χ0) is 23.4. The maximum Gasteiger partial charge on any atom is 0.318 e. The van der Waals surface area contributed by atoms with Crippen molar-refractivity contribution in [3.8, 4) is 0 Å². The molecular weight excluding hydrogens is 416 g/mol. The van der Waals surface area contributed by atoms with Crippen LogP contribution in [-0.2, 0) is 26.6 Å². The number of aryl methyl sites for hydroxylation is 1. The molecule has 174 valence electrons. The quantitative estimate of drug-likeness (QED) is 0.577. The maximum atomic E-state index is 13.3. The molecule has 9 heteroatoms. The van der Waals surface area contributed by atoms with Crippen LogP contribution in [-0.4, -0.2) is 62.3 Å². The predicted octanol–water partition coefficient (Wildman–Crippen LogP) is 2.58. The molecule has 1 aromatic carbocycles. The molecule has 9 nitrogen and oxygen atoms in total. The average molecular weight is 449 g/mol. The topological polar surface area (TPSA) is 91.2 Å². The smallest absolute Gasteiger partial charge is 0.318 e. The van der Waals surface area contributed by atoms with Gasteiger partial charge in [-0.2, -0.15) is 5.10 Å². The highest BCUT2D eigenvalue weighted by atomic mass is 16.2. The molecule has 0 bridgehead atoms. The fraction of sp³-hybridized carbons (Fsp3) is 0.417. The first-order chi connectivity index (χ1) is 15.9. The number of benzene rings is 1. The van der Waals surface area contributed by atoms with Crippen molar-refractivity contribution in [1.29, 1.82) is 0 Å². The molecule has 33 heavy (non-hydrogen) atoms. The van der Waals surface area contributed by atoms with Gasteiger partial charge in [-0.15, -0.1) is 0 Å². The number of carbonyl (C=O) groups is 1. The lowest BCUT2D eigenvalue weighted by molar-refractivity contribution is 0.161. The van der Waals surface area contributed by atoms with E-state index >= 15 is 0 Å². The van der Waals surface area contributed by atoms with Gasteiger partial charge >= 0.3 is 6.03 Å². The molecule has 0 saturated carbocycles. The highest BCUT2D eigenvalue weighted by Crippen LogP contribution is 2.23. The van der Waals surface area contributed by atoms with E-state index in [4.69, 9.17) is 4.98 Å². The Morgan fingerprint density at radius 1 is 1.24 bits per heavy atom. The van der Waals surface area contributed by atoms with Crippen LogP contribution in [0.4, 0.5) is 10.7 Å². The van der Waals surface area contributed by atoms with E-state index in [1.165, 1.54) is 0 Å². The molecule has 0 fully saturated rings. The van der Waals surface area contributed by atoms with Crippen LogP contribution in [0.3, 0.4) is 0 Å². The number of amides is 2. The molecule has 2 N–H and O–H groups in total. The summed E-state index contributed by atoms with van der Waals surface area (Å²) in [5, 5.41) is 10.8. The van der Waals surface area contributed by atoms with Crippen molar-refractivity contribution in [2.45, 2.75) is 38.5 Å². The minimum atomic E-state index is -0.0942. The van der Waals surface area contributed by atoms with Crippen molar-refractivity contribution in [3.05, 3.63) is 71.3 Å². The number of nitrogens with zero attached hydrogens (tertiary/aromatic N) is 6. The van der Waals surface area contributed by atoms with Gasteiger partial charge in [-0.3, -0.25) is 4.68 Å². The Morgan fingerprint density at radius 3 is 2.73 bits per heavy atom. The number of nitrogens with one attached hydrogen (secondary N) is 2. The third-order valence-electron chi connectivity index (χ3n) is 5.83. The van der Waals surface area contributed by atoms with Crippen LogP contribution in [0.25, 0.3) is 0 Å². The van der Waals surface area contributed by atoms with Crippen molar-refractivity contribution < 1.29 is 4.79 Å². The van der Waals surface area contributed by atoms with E-state index in [0.29, 0.717) is 19.0 Å². The fourth-order valence-electron chi connectivity index (χ4n) is 4.10. The van der Waals surface area contributed by atoms with Gasteiger partial charge in [-0.25, -0.2) is 14.8 Å². The molecule has 1 aliphatic heterocycles. The minimum absolute atomic E-state index is 0.0595. The Labute approximate surface area is 194 Å². The van der Waals surface area contributed by atoms with E-state index in [2.05, 4.69) is 44.7 Å². The van der Waals surface area contributed by atoms with Gasteiger partial charge in [0.2, 0.25) is 5.95 Å². The van der Waals surface area contributed by atoms with Gasteiger partial charge in [0, 0.05) is 32.0 Å². The van der Waals surface area contributed by atoms with E-state index in [1.54, 1.807) is 4.68 Å². The van der Waals surface area contributed by atoms with Gasteiger partial charge < -0.3 is 20.4 Å². The summed E-state index contributed by atoms with van der Waals surface area (Å²) >= 11 is 0. The van der Waals surface area contributed by atoms with Crippen molar-refractivity contribution in [3.63, 3.8) is 0 Å². The molecule has 0 saturated heterocycles. The molecule has 0 spiro atoms. The molecule has 3 heterocycles.